The van der Waals surface area contributed by atoms with E-state index in [4.69, 9.17) is 0 Å². The van der Waals surface area contributed by atoms with Crippen LogP contribution in [-0.2, 0) is 0 Å². The molecule has 0 aromatic rings. The summed E-state index contributed by atoms with van der Waals surface area (Å²) in [4.78, 5) is 7.24. The van der Waals surface area contributed by atoms with Crippen LogP contribution in [0.4, 0.5) is 0 Å². The van der Waals surface area contributed by atoms with Crippen LogP contribution in [0.15, 0.2) is 4.99 Å². The number of nitrogens with one attached hydrogen (secondary N) is 2. The first-order valence-corrected chi connectivity index (χ1v) is 8.46. The summed E-state index contributed by atoms with van der Waals surface area (Å²) < 4.78 is 0. The van der Waals surface area contributed by atoms with Crippen molar-refractivity contribution in [2.75, 3.05) is 26.2 Å². The highest BCUT2D eigenvalue weighted by molar-refractivity contribution is 14.0. The first kappa shape index (κ1) is 21.0. The molecule has 0 aliphatic carbocycles. The molecule has 5 heteroatoms. The van der Waals surface area contributed by atoms with E-state index < -0.39 is 0 Å². The normalized spacial score (nSPS) is 17.7. The van der Waals surface area contributed by atoms with Gasteiger partial charge in [-0.3, -0.25) is 4.99 Å². The molecule has 0 amide bonds. The molecule has 1 rings (SSSR count). The fourth-order valence-electron chi connectivity index (χ4n) is 2.63. The average Bonchev–Trinajstić information content (AvgIpc) is 2.44. The highest BCUT2D eigenvalue weighted by Gasteiger charge is 2.21. The second kappa shape index (κ2) is 12.5. The van der Waals surface area contributed by atoms with Crippen LogP contribution in [0.5, 0.6) is 0 Å². The van der Waals surface area contributed by atoms with Crippen LogP contribution >= 0.6 is 24.0 Å². The summed E-state index contributed by atoms with van der Waals surface area (Å²) in [6, 6.07) is 1.25. The van der Waals surface area contributed by atoms with E-state index in [9.17, 15) is 0 Å². The van der Waals surface area contributed by atoms with Gasteiger partial charge < -0.3 is 15.5 Å². The Labute approximate surface area is 148 Å². The maximum Gasteiger partial charge on any atom is 0.191 e. The molecule has 0 bridgehead atoms. The van der Waals surface area contributed by atoms with E-state index in [-0.39, 0.29) is 24.0 Å². The topological polar surface area (TPSA) is 39.7 Å². The van der Waals surface area contributed by atoms with Crippen molar-refractivity contribution in [3.8, 4) is 0 Å². The second-order valence-corrected chi connectivity index (χ2v) is 6.02. The minimum atomic E-state index is 0. The van der Waals surface area contributed by atoms with E-state index in [1.807, 2.05) is 0 Å². The van der Waals surface area contributed by atoms with Crippen molar-refractivity contribution < 1.29 is 0 Å². The van der Waals surface area contributed by atoms with E-state index in [0.29, 0.717) is 12.1 Å². The lowest BCUT2D eigenvalue weighted by molar-refractivity contribution is 0.167. The van der Waals surface area contributed by atoms with Gasteiger partial charge in [0.2, 0.25) is 0 Å². The Morgan fingerprint density at radius 3 is 2.38 bits per heavy atom. The van der Waals surface area contributed by atoms with Gasteiger partial charge in [0.05, 0.1) is 0 Å². The SMILES string of the molecule is CCCCCN=C(NCC)NC1CCN(C(C)C)CC1.I. The summed E-state index contributed by atoms with van der Waals surface area (Å²) in [6.07, 6.45) is 6.16. The number of aliphatic imine (C=N–C) groups is 1. The van der Waals surface area contributed by atoms with Crippen molar-refractivity contribution in [1.82, 2.24) is 15.5 Å². The van der Waals surface area contributed by atoms with Crippen molar-refractivity contribution in [1.29, 1.82) is 0 Å². The predicted octanol–water partition coefficient (Wildman–Crippen LogP) is 3.22. The molecule has 0 radical (unpaired) electrons. The number of hydrogen-bond acceptors (Lipinski definition) is 2. The van der Waals surface area contributed by atoms with Crippen LogP contribution in [0.2, 0.25) is 0 Å². The summed E-state index contributed by atoms with van der Waals surface area (Å²) in [6.45, 7) is 13.2. The van der Waals surface area contributed by atoms with Crippen molar-refractivity contribution >= 4 is 29.9 Å². The number of piperidine rings is 1. The molecule has 4 nitrogen and oxygen atoms in total. The lowest BCUT2D eigenvalue weighted by atomic mass is 10.0. The van der Waals surface area contributed by atoms with E-state index >= 15 is 0 Å². The van der Waals surface area contributed by atoms with Gasteiger partial charge in [-0.15, -0.1) is 24.0 Å². The number of unbranched alkanes of at least 4 members (excludes halogenated alkanes) is 2. The molecule has 0 saturated carbocycles. The molecule has 0 atom stereocenters. The molecule has 1 fully saturated rings. The van der Waals surface area contributed by atoms with Crippen LogP contribution in [-0.4, -0.2) is 49.1 Å². The first-order chi connectivity index (χ1) is 9.67. The van der Waals surface area contributed by atoms with E-state index in [2.05, 4.69) is 48.2 Å². The smallest absolute Gasteiger partial charge is 0.191 e. The highest BCUT2D eigenvalue weighted by atomic mass is 127. The number of rotatable bonds is 7. The fourth-order valence-corrected chi connectivity index (χ4v) is 2.63. The lowest BCUT2D eigenvalue weighted by Gasteiger charge is -2.35. The minimum Gasteiger partial charge on any atom is -0.357 e. The van der Waals surface area contributed by atoms with Gasteiger partial charge in [0, 0.05) is 38.3 Å². The van der Waals surface area contributed by atoms with Gasteiger partial charge >= 0.3 is 0 Å². The molecule has 0 unspecified atom stereocenters. The van der Waals surface area contributed by atoms with Crippen LogP contribution in [0, 0.1) is 0 Å². The van der Waals surface area contributed by atoms with Crippen molar-refractivity contribution in [2.45, 2.75) is 71.9 Å². The van der Waals surface area contributed by atoms with E-state index in [0.717, 1.165) is 19.0 Å². The Kier molecular flexibility index (Phi) is 12.5. The van der Waals surface area contributed by atoms with Gasteiger partial charge in [-0.1, -0.05) is 19.8 Å². The Balaban J connectivity index is 0.00000400. The Bertz CT molecular complexity index is 273. The molecule has 1 aliphatic rings. The van der Waals surface area contributed by atoms with Gasteiger partial charge in [0.1, 0.15) is 0 Å². The van der Waals surface area contributed by atoms with E-state index in [1.54, 1.807) is 0 Å². The zero-order valence-corrected chi connectivity index (χ0v) is 16.7. The molecule has 21 heavy (non-hydrogen) atoms. The van der Waals surface area contributed by atoms with E-state index in [1.165, 1.54) is 45.2 Å². The standard InChI is InChI=1S/C16H34N4.HI/c1-5-7-8-11-18-16(17-6-2)19-15-9-12-20(13-10-15)14(3)4;/h14-15H,5-13H2,1-4H3,(H2,17,18,19);1H. The van der Waals surface area contributed by atoms with Crippen molar-refractivity contribution in [2.24, 2.45) is 4.99 Å². The van der Waals surface area contributed by atoms with Gasteiger partial charge in [0.25, 0.3) is 0 Å². The first-order valence-electron chi connectivity index (χ1n) is 8.46. The van der Waals surface area contributed by atoms with Crippen LogP contribution in [0.1, 0.15) is 59.8 Å². The lowest BCUT2D eigenvalue weighted by Crippen LogP contribution is -2.49. The van der Waals surface area contributed by atoms with Gasteiger partial charge in [-0.25, -0.2) is 0 Å². The number of nitrogens with zero attached hydrogens (tertiary/aromatic N) is 2. The third-order valence-electron chi connectivity index (χ3n) is 3.98. The Hall–Kier alpha value is -0.0400. The fraction of sp³-hybridized carbons (Fsp3) is 0.938. The summed E-state index contributed by atoms with van der Waals surface area (Å²) >= 11 is 0. The molecular weight excluding hydrogens is 375 g/mol. The van der Waals surface area contributed by atoms with Crippen LogP contribution < -0.4 is 10.6 Å². The van der Waals surface area contributed by atoms with Gasteiger partial charge in [0.15, 0.2) is 5.96 Å². The van der Waals surface area contributed by atoms with Crippen molar-refractivity contribution in [3.05, 3.63) is 0 Å². The summed E-state index contributed by atoms with van der Waals surface area (Å²) in [7, 11) is 0. The minimum absolute atomic E-state index is 0. The largest absolute Gasteiger partial charge is 0.357 e. The second-order valence-electron chi connectivity index (χ2n) is 6.02. The van der Waals surface area contributed by atoms with Gasteiger partial charge in [-0.2, -0.15) is 0 Å². The van der Waals surface area contributed by atoms with Crippen molar-refractivity contribution in [3.63, 3.8) is 0 Å². The van der Waals surface area contributed by atoms with Crippen LogP contribution in [0.25, 0.3) is 0 Å². The molecule has 0 aromatic heterocycles. The zero-order valence-electron chi connectivity index (χ0n) is 14.3. The molecule has 1 saturated heterocycles. The summed E-state index contributed by atoms with van der Waals surface area (Å²) in [5, 5.41) is 6.97. The molecular formula is C16H35IN4. The maximum atomic E-state index is 4.68. The predicted molar refractivity (Wildman–Crippen MR) is 104 cm³/mol. The zero-order chi connectivity index (χ0) is 14.8. The molecule has 126 valence electrons. The maximum absolute atomic E-state index is 4.68. The molecule has 0 spiro atoms. The molecule has 2 N–H and O–H groups in total. The quantitative estimate of drug-likeness (QED) is 0.293. The molecule has 1 heterocycles. The molecule has 0 aromatic carbocycles. The summed E-state index contributed by atoms with van der Waals surface area (Å²) in [5.74, 6) is 1.01. The third-order valence-corrected chi connectivity index (χ3v) is 3.98. The highest BCUT2D eigenvalue weighted by Crippen LogP contribution is 2.12. The Morgan fingerprint density at radius 1 is 1.19 bits per heavy atom. The number of hydrogen-bond donors (Lipinski definition) is 2. The van der Waals surface area contributed by atoms with Crippen LogP contribution in [0.3, 0.4) is 0 Å². The summed E-state index contributed by atoms with van der Waals surface area (Å²) in [5.41, 5.74) is 0. The monoisotopic (exact) mass is 410 g/mol. The van der Waals surface area contributed by atoms with Gasteiger partial charge in [-0.05, 0) is 40.0 Å². The number of guanidine groups is 1. The average molecular weight is 410 g/mol. The number of likely N-dealkylation sites (tertiary alicyclic amines) is 1. The Morgan fingerprint density at radius 2 is 1.86 bits per heavy atom. The third kappa shape index (κ3) is 8.86. The number of halogens is 1. The molecule has 1 aliphatic heterocycles.